The summed E-state index contributed by atoms with van der Waals surface area (Å²) in [6.45, 7) is 3.08. The molecule has 0 saturated heterocycles. The van der Waals surface area contributed by atoms with Crippen molar-refractivity contribution in [3.05, 3.63) is 23.8 Å². The largest absolute Gasteiger partial charge is 0.453 e. The zero-order chi connectivity index (χ0) is 14.6. The Balaban J connectivity index is 3.26. The second kappa shape index (κ2) is 5.71. The van der Waals surface area contributed by atoms with Gasteiger partial charge in [0, 0.05) is 5.69 Å². The molecule has 7 heteroatoms. The van der Waals surface area contributed by atoms with Crippen molar-refractivity contribution in [2.45, 2.75) is 24.0 Å². The van der Waals surface area contributed by atoms with E-state index in [1.807, 2.05) is 6.07 Å². The Kier molecular flexibility index (Phi) is 4.51. The van der Waals surface area contributed by atoms with Crippen LogP contribution in [0.5, 0.6) is 0 Å². The molecule has 0 radical (unpaired) electrons. The van der Waals surface area contributed by atoms with E-state index in [0.29, 0.717) is 5.69 Å². The maximum Gasteiger partial charge on any atom is 0.411 e. The second-order valence-electron chi connectivity index (χ2n) is 4.03. The Hall–Kier alpha value is -2.07. The fraction of sp³-hybridized carbons (Fsp3) is 0.333. The first kappa shape index (κ1) is 15.0. The van der Waals surface area contributed by atoms with Gasteiger partial charge in [0.05, 0.1) is 22.8 Å². The molecule has 1 rings (SSSR count). The van der Waals surface area contributed by atoms with Crippen molar-refractivity contribution in [3.63, 3.8) is 0 Å². The van der Waals surface area contributed by atoms with Crippen molar-refractivity contribution in [3.8, 4) is 6.07 Å². The molecule has 0 heterocycles. The standard InChI is InChI=1S/C12H14N2O4S/c1-8(2)19(16,17)11-5-4-10(6-9(11)7-13)14-12(15)18-3/h4-6,8H,1-3H3,(H,14,15). The summed E-state index contributed by atoms with van der Waals surface area (Å²) in [5, 5.41) is 10.8. The molecular weight excluding hydrogens is 268 g/mol. The summed E-state index contributed by atoms with van der Waals surface area (Å²) in [6, 6.07) is 5.83. The number of rotatable bonds is 3. The first-order valence-corrected chi connectivity index (χ1v) is 7.00. The molecule has 0 spiro atoms. The van der Waals surface area contributed by atoms with E-state index in [1.165, 1.54) is 39.2 Å². The number of hydrogen-bond acceptors (Lipinski definition) is 5. The second-order valence-corrected chi connectivity index (χ2v) is 6.51. The van der Waals surface area contributed by atoms with Crippen molar-refractivity contribution < 1.29 is 17.9 Å². The lowest BCUT2D eigenvalue weighted by Crippen LogP contribution is -2.16. The van der Waals surface area contributed by atoms with Crippen LogP contribution in [0.2, 0.25) is 0 Å². The van der Waals surface area contributed by atoms with E-state index in [-0.39, 0.29) is 10.5 Å². The molecule has 1 aromatic carbocycles. The van der Waals surface area contributed by atoms with Crippen molar-refractivity contribution >= 4 is 21.6 Å². The summed E-state index contributed by atoms with van der Waals surface area (Å²) >= 11 is 0. The fourth-order valence-electron chi connectivity index (χ4n) is 1.37. The number of hydrogen-bond donors (Lipinski definition) is 1. The average molecular weight is 282 g/mol. The lowest BCUT2D eigenvalue weighted by Gasteiger charge is -2.11. The molecule has 19 heavy (non-hydrogen) atoms. The molecule has 0 aliphatic heterocycles. The summed E-state index contributed by atoms with van der Waals surface area (Å²) in [4.78, 5) is 11.0. The quantitative estimate of drug-likeness (QED) is 0.913. The third-order valence-electron chi connectivity index (χ3n) is 2.46. The van der Waals surface area contributed by atoms with Crippen LogP contribution < -0.4 is 5.32 Å². The Morgan fingerprint density at radius 2 is 2.05 bits per heavy atom. The lowest BCUT2D eigenvalue weighted by molar-refractivity contribution is 0.187. The number of benzene rings is 1. The van der Waals surface area contributed by atoms with Crippen LogP contribution in [0.3, 0.4) is 0 Å². The maximum atomic E-state index is 12.0. The van der Waals surface area contributed by atoms with Gasteiger partial charge in [0.25, 0.3) is 0 Å². The molecular formula is C12H14N2O4S. The highest BCUT2D eigenvalue weighted by Crippen LogP contribution is 2.23. The van der Waals surface area contributed by atoms with E-state index in [1.54, 1.807) is 0 Å². The minimum atomic E-state index is -3.54. The number of ether oxygens (including phenoxy) is 1. The molecule has 0 fully saturated rings. The van der Waals surface area contributed by atoms with Gasteiger partial charge in [0.1, 0.15) is 6.07 Å². The van der Waals surface area contributed by atoms with Crippen LogP contribution in [0.1, 0.15) is 19.4 Å². The molecule has 1 amide bonds. The van der Waals surface area contributed by atoms with Gasteiger partial charge in [-0.3, -0.25) is 5.32 Å². The minimum Gasteiger partial charge on any atom is -0.453 e. The lowest BCUT2D eigenvalue weighted by atomic mass is 10.2. The number of nitriles is 1. The van der Waals surface area contributed by atoms with Crippen LogP contribution in [0.25, 0.3) is 0 Å². The van der Waals surface area contributed by atoms with Crippen molar-refractivity contribution in [2.24, 2.45) is 0 Å². The fourth-order valence-corrected chi connectivity index (χ4v) is 2.54. The molecule has 1 N–H and O–H groups in total. The Bertz CT molecular complexity index is 630. The van der Waals surface area contributed by atoms with Crippen molar-refractivity contribution in [1.29, 1.82) is 5.26 Å². The van der Waals surface area contributed by atoms with Gasteiger partial charge in [-0.15, -0.1) is 0 Å². The van der Waals surface area contributed by atoms with Gasteiger partial charge < -0.3 is 4.74 Å². The molecule has 0 aliphatic carbocycles. The summed E-state index contributed by atoms with van der Waals surface area (Å²) in [6.07, 6.45) is -0.691. The molecule has 0 aromatic heterocycles. The Morgan fingerprint density at radius 3 is 2.53 bits per heavy atom. The predicted molar refractivity (Wildman–Crippen MR) is 69.5 cm³/mol. The number of nitrogens with one attached hydrogen (secondary N) is 1. The smallest absolute Gasteiger partial charge is 0.411 e. The number of carbonyl (C=O) groups is 1. The third-order valence-corrected chi connectivity index (χ3v) is 4.67. The number of methoxy groups -OCH3 is 1. The molecule has 0 aliphatic rings. The highest BCUT2D eigenvalue weighted by atomic mass is 32.2. The van der Waals surface area contributed by atoms with Gasteiger partial charge in [-0.25, -0.2) is 13.2 Å². The zero-order valence-electron chi connectivity index (χ0n) is 10.8. The van der Waals surface area contributed by atoms with E-state index >= 15 is 0 Å². The van der Waals surface area contributed by atoms with Gasteiger partial charge in [0.2, 0.25) is 0 Å². The van der Waals surface area contributed by atoms with Gasteiger partial charge >= 0.3 is 6.09 Å². The number of sulfone groups is 1. The van der Waals surface area contributed by atoms with Crippen LogP contribution in [-0.4, -0.2) is 26.9 Å². The van der Waals surface area contributed by atoms with Crippen molar-refractivity contribution in [1.82, 2.24) is 0 Å². The summed E-state index contributed by atoms with van der Waals surface area (Å²) < 4.78 is 28.5. The van der Waals surface area contributed by atoms with Gasteiger partial charge in [0.15, 0.2) is 9.84 Å². The maximum absolute atomic E-state index is 12.0. The van der Waals surface area contributed by atoms with E-state index in [9.17, 15) is 13.2 Å². The summed E-state index contributed by atoms with van der Waals surface area (Å²) in [7, 11) is -2.33. The van der Waals surface area contributed by atoms with E-state index in [2.05, 4.69) is 10.1 Å². The highest BCUT2D eigenvalue weighted by molar-refractivity contribution is 7.92. The van der Waals surface area contributed by atoms with E-state index in [4.69, 9.17) is 5.26 Å². The van der Waals surface area contributed by atoms with Crippen LogP contribution in [0.4, 0.5) is 10.5 Å². The van der Waals surface area contributed by atoms with Crippen LogP contribution in [-0.2, 0) is 14.6 Å². The number of anilines is 1. The van der Waals surface area contributed by atoms with E-state index in [0.717, 1.165) is 0 Å². The molecule has 0 bridgehead atoms. The first-order chi connectivity index (χ1) is 8.82. The number of nitrogens with zero attached hydrogens (tertiary/aromatic N) is 1. The first-order valence-electron chi connectivity index (χ1n) is 5.46. The van der Waals surface area contributed by atoms with Crippen LogP contribution in [0, 0.1) is 11.3 Å². The average Bonchev–Trinajstić information content (AvgIpc) is 2.37. The monoisotopic (exact) mass is 282 g/mol. The Labute approximate surface area is 111 Å². The van der Waals surface area contributed by atoms with Crippen LogP contribution >= 0.6 is 0 Å². The SMILES string of the molecule is COC(=O)Nc1ccc(S(=O)(=O)C(C)C)c(C#N)c1. The molecule has 1 aromatic rings. The molecule has 0 unspecified atom stereocenters. The zero-order valence-corrected chi connectivity index (χ0v) is 11.6. The van der Waals surface area contributed by atoms with Gasteiger partial charge in [-0.1, -0.05) is 0 Å². The molecule has 0 atom stereocenters. The van der Waals surface area contributed by atoms with Crippen LogP contribution in [0.15, 0.2) is 23.1 Å². The number of carbonyl (C=O) groups excluding carboxylic acids is 1. The van der Waals surface area contributed by atoms with Gasteiger partial charge in [-0.05, 0) is 32.0 Å². The molecule has 0 saturated carbocycles. The molecule has 6 nitrogen and oxygen atoms in total. The third kappa shape index (κ3) is 3.23. The van der Waals surface area contributed by atoms with Crippen molar-refractivity contribution in [2.75, 3.05) is 12.4 Å². The summed E-state index contributed by atoms with van der Waals surface area (Å²) in [5.41, 5.74) is 0.286. The normalized spacial score (nSPS) is 10.9. The predicted octanol–water partition coefficient (Wildman–Crippen LogP) is 1.92. The minimum absolute atomic E-state index is 0.0115. The highest BCUT2D eigenvalue weighted by Gasteiger charge is 2.23. The molecule has 102 valence electrons. The Morgan fingerprint density at radius 1 is 1.42 bits per heavy atom. The van der Waals surface area contributed by atoms with E-state index < -0.39 is 21.2 Å². The number of amides is 1. The summed E-state index contributed by atoms with van der Waals surface area (Å²) in [5.74, 6) is 0. The topological polar surface area (TPSA) is 96.3 Å². The van der Waals surface area contributed by atoms with Gasteiger partial charge in [-0.2, -0.15) is 5.26 Å².